The number of aromatic nitrogens is 2. The second kappa shape index (κ2) is 14.4. The molecule has 186 valence electrons. The molecule has 1 heterocycles. The van der Waals surface area contributed by atoms with Gasteiger partial charge in [0.2, 0.25) is 5.91 Å². The fraction of sp³-hybridized carbons (Fsp3) is 0.321. The van der Waals surface area contributed by atoms with Crippen molar-refractivity contribution in [3.8, 4) is 16.9 Å². The van der Waals surface area contributed by atoms with E-state index in [4.69, 9.17) is 10.5 Å². The molecule has 1 atom stereocenters. The van der Waals surface area contributed by atoms with E-state index in [2.05, 4.69) is 35.4 Å². The van der Waals surface area contributed by atoms with Crippen LogP contribution in [0.15, 0.2) is 79.9 Å². The molecule has 7 heteroatoms. The molecular weight excluding hydrogens is 438 g/mol. The first kappa shape index (κ1) is 27.4. The third-order valence-corrected chi connectivity index (χ3v) is 5.71. The van der Waals surface area contributed by atoms with E-state index in [1.54, 1.807) is 24.1 Å². The van der Waals surface area contributed by atoms with Crippen molar-refractivity contribution in [2.45, 2.75) is 33.1 Å². The molecule has 0 spiro atoms. The number of nitrogen functional groups attached to an aromatic ring is 1. The number of amides is 1. The van der Waals surface area contributed by atoms with Crippen molar-refractivity contribution in [2.24, 2.45) is 5.92 Å². The van der Waals surface area contributed by atoms with Gasteiger partial charge in [-0.2, -0.15) is 0 Å². The van der Waals surface area contributed by atoms with E-state index in [1.165, 1.54) is 12.4 Å². The molecule has 0 saturated carbocycles. The van der Waals surface area contributed by atoms with Crippen LogP contribution in [0, 0.1) is 5.92 Å². The molecule has 0 radical (unpaired) electrons. The molecule has 0 aliphatic heterocycles. The van der Waals surface area contributed by atoms with E-state index in [1.807, 2.05) is 43.3 Å². The van der Waals surface area contributed by atoms with Gasteiger partial charge in [0.15, 0.2) is 0 Å². The second-order valence-electron chi connectivity index (χ2n) is 8.16. The van der Waals surface area contributed by atoms with Gasteiger partial charge in [-0.25, -0.2) is 9.97 Å². The van der Waals surface area contributed by atoms with Gasteiger partial charge in [0.25, 0.3) is 0 Å². The Balaban J connectivity index is 2.07. The minimum atomic E-state index is -0.0507. The van der Waals surface area contributed by atoms with Gasteiger partial charge >= 0.3 is 0 Å². The molecule has 7 nitrogen and oxygen atoms in total. The van der Waals surface area contributed by atoms with Crippen molar-refractivity contribution >= 4 is 17.5 Å². The highest BCUT2D eigenvalue weighted by molar-refractivity contribution is 5.86. The summed E-state index contributed by atoms with van der Waals surface area (Å²) in [5.74, 6) is 2.94. The zero-order valence-electron chi connectivity index (χ0n) is 21.0. The minimum absolute atomic E-state index is 0.0507. The van der Waals surface area contributed by atoms with Crippen molar-refractivity contribution in [3.05, 3.63) is 79.9 Å². The molecule has 0 aliphatic carbocycles. The topological polar surface area (TPSA) is 93.4 Å². The lowest BCUT2D eigenvalue weighted by molar-refractivity contribution is -0.124. The minimum Gasteiger partial charge on any atom is -0.457 e. The first-order chi connectivity index (χ1) is 16.9. The molecule has 1 aromatic heterocycles. The lowest BCUT2D eigenvalue weighted by Crippen LogP contribution is -2.27. The van der Waals surface area contributed by atoms with Gasteiger partial charge in [-0.15, -0.1) is 0 Å². The van der Waals surface area contributed by atoms with Crippen LogP contribution < -0.4 is 15.8 Å². The number of anilines is 2. The predicted molar refractivity (Wildman–Crippen MR) is 145 cm³/mol. The zero-order chi connectivity index (χ0) is 25.6. The first-order valence-corrected chi connectivity index (χ1v) is 11.9. The maximum atomic E-state index is 11.7. The SMILES string of the molecule is C=C/C=C(\C=C/C)Oc1ccc(-c2c(N)ncnc2NCCC(CC)CCN(C)C(=O)C=C)cc1. The lowest BCUT2D eigenvalue weighted by atomic mass is 9.98. The normalized spacial score (nSPS) is 12.3. The number of allylic oxidation sites excluding steroid dienone is 4. The van der Waals surface area contributed by atoms with E-state index in [9.17, 15) is 4.79 Å². The number of hydrogen-bond donors (Lipinski definition) is 2. The van der Waals surface area contributed by atoms with Crippen molar-refractivity contribution in [3.63, 3.8) is 0 Å². The van der Waals surface area contributed by atoms with Crippen LogP contribution in [0.4, 0.5) is 11.6 Å². The summed E-state index contributed by atoms with van der Waals surface area (Å²) < 4.78 is 5.91. The van der Waals surface area contributed by atoms with Gasteiger partial charge in [-0.05, 0) is 61.6 Å². The Bertz CT molecular complexity index is 1040. The highest BCUT2D eigenvalue weighted by Gasteiger charge is 2.14. The number of nitrogens with one attached hydrogen (secondary N) is 1. The number of nitrogens with two attached hydrogens (primary N) is 1. The van der Waals surface area contributed by atoms with Gasteiger partial charge in [0.1, 0.15) is 29.5 Å². The standard InChI is InChI=1S/C28H37N5O2/c1-6-10-23(11-7-2)35-24-14-12-22(13-15-24)26-27(29)31-20-32-28(26)30-18-16-21(8-3)17-19-33(5)25(34)9-4/h6-7,9-15,20-21H,1,4,8,16-19H2,2-3,5H3,(H3,29,30,31,32)/b11-7-,23-10+. The maximum Gasteiger partial charge on any atom is 0.245 e. The summed E-state index contributed by atoms with van der Waals surface area (Å²) in [6, 6.07) is 7.66. The summed E-state index contributed by atoms with van der Waals surface area (Å²) in [7, 11) is 1.80. The monoisotopic (exact) mass is 475 g/mol. The molecule has 2 rings (SSSR count). The maximum absolute atomic E-state index is 11.7. The van der Waals surface area contributed by atoms with Crippen LogP contribution in [-0.4, -0.2) is 40.9 Å². The highest BCUT2D eigenvalue weighted by atomic mass is 16.5. The van der Waals surface area contributed by atoms with E-state index in [0.717, 1.165) is 36.9 Å². The Morgan fingerprint density at radius 2 is 1.97 bits per heavy atom. The summed E-state index contributed by atoms with van der Waals surface area (Å²) in [6.45, 7) is 12.8. The molecule has 0 saturated heterocycles. The van der Waals surface area contributed by atoms with Crippen molar-refractivity contribution < 1.29 is 9.53 Å². The number of ether oxygens (including phenoxy) is 1. The van der Waals surface area contributed by atoms with E-state index >= 15 is 0 Å². The van der Waals surface area contributed by atoms with Crippen LogP contribution in [0.5, 0.6) is 5.75 Å². The molecule has 0 bridgehead atoms. The number of rotatable bonds is 14. The number of carbonyl (C=O) groups excluding carboxylic acids is 1. The fourth-order valence-corrected chi connectivity index (χ4v) is 3.64. The zero-order valence-corrected chi connectivity index (χ0v) is 21.0. The van der Waals surface area contributed by atoms with Crippen LogP contribution in [0.1, 0.15) is 33.1 Å². The number of likely N-dealkylation sites (N-methyl/N-ethyl adjacent to an activating group) is 1. The predicted octanol–water partition coefficient (Wildman–Crippen LogP) is 5.61. The fourth-order valence-electron chi connectivity index (χ4n) is 3.64. The molecule has 1 unspecified atom stereocenters. The summed E-state index contributed by atoms with van der Waals surface area (Å²) in [6.07, 6.45) is 13.0. The number of benzene rings is 1. The van der Waals surface area contributed by atoms with Crippen LogP contribution in [-0.2, 0) is 4.79 Å². The molecule has 1 aromatic carbocycles. The molecule has 2 aromatic rings. The Hall–Kier alpha value is -3.87. The van der Waals surface area contributed by atoms with Gasteiger partial charge in [-0.1, -0.05) is 50.8 Å². The smallest absolute Gasteiger partial charge is 0.245 e. The Labute approximate surface area is 209 Å². The average molecular weight is 476 g/mol. The van der Waals surface area contributed by atoms with Crippen LogP contribution in [0.2, 0.25) is 0 Å². The molecule has 3 N–H and O–H groups in total. The van der Waals surface area contributed by atoms with Crippen LogP contribution in [0.3, 0.4) is 0 Å². The summed E-state index contributed by atoms with van der Waals surface area (Å²) >= 11 is 0. The van der Waals surface area contributed by atoms with E-state index < -0.39 is 0 Å². The highest BCUT2D eigenvalue weighted by Crippen LogP contribution is 2.32. The van der Waals surface area contributed by atoms with Crippen LogP contribution >= 0.6 is 0 Å². The first-order valence-electron chi connectivity index (χ1n) is 11.9. The third kappa shape index (κ3) is 8.45. The van der Waals surface area contributed by atoms with Crippen molar-refractivity contribution in [1.29, 1.82) is 0 Å². The third-order valence-electron chi connectivity index (χ3n) is 5.71. The Morgan fingerprint density at radius 1 is 1.23 bits per heavy atom. The Kier molecular flexibility index (Phi) is 11.3. The van der Waals surface area contributed by atoms with E-state index in [0.29, 0.717) is 35.6 Å². The van der Waals surface area contributed by atoms with E-state index in [-0.39, 0.29) is 5.91 Å². The van der Waals surface area contributed by atoms with Crippen molar-refractivity contribution in [1.82, 2.24) is 14.9 Å². The molecule has 0 aliphatic rings. The van der Waals surface area contributed by atoms with Gasteiger partial charge in [-0.3, -0.25) is 4.79 Å². The van der Waals surface area contributed by atoms with Gasteiger partial charge in [0, 0.05) is 20.1 Å². The van der Waals surface area contributed by atoms with Gasteiger partial charge in [0.05, 0.1) is 5.56 Å². The summed E-state index contributed by atoms with van der Waals surface area (Å²) in [5, 5.41) is 3.43. The molecular formula is C28H37N5O2. The van der Waals surface area contributed by atoms with Crippen LogP contribution in [0.25, 0.3) is 11.1 Å². The van der Waals surface area contributed by atoms with Crippen molar-refractivity contribution in [2.75, 3.05) is 31.2 Å². The average Bonchev–Trinajstić information content (AvgIpc) is 2.86. The Morgan fingerprint density at radius 3 is 2.60 bits per heavy atom. The molecule has 0 fully saturated rings. The molecule has 1 amide bonds. The summed E-state index contributed by atoms with van der Waals surface area (Å²) in [5.41, 5.74) is 7.89. The lowest BCUT2D eigenvalue weighted by Gasteiger charge is -2.20. The second-order valence-corrected chi connectivity index (χ2v) is 8.16. The molecule has 35 heavy (non-hydrogen) atoms. The quantitative estimate of drug-likeness (QED) is 0.209. The number of hydrogen-bond acceptors (Lipinski definition) is 6. The van der Waals surface area contributed by atoms with Gasteiger partial charge < -0.3 is 20.7 Å². The number of nitrogens with zero attached hydrogens (tertiary/aromatic N) is 3. The number of carbonyl (C=O) groups is 1. The largest absolute Gasteiger partial charge is 0.457 e. The summed E-state index contributed by atoms with van der Waals surface area (Å²) in [4.78, 5) is 22.0.